The van der Waals surface area contributed by atoms with Crippen molar-refractivity contribution in [2.24, 2.45) is 9.98 Å². The maximum Gasteiger partial charge on any atom is 0.146 e. The summed E-state index contributed by atoms with van der Waals surface area (Å²) in [4.78, 5) is 10.9. The zero-order chi connectivity index (χ0) is 18.7. The van der Waals surface area contributed by atoms with Crippen LogP contribution in [-0.4, -0.2) is 17.0 Å². The molecule has 0 saturated carbocycles. The van der Waals surface area contributed by atoms with E-state index in [1.165, 1.54) is 6.20 Å². The minimum atomic E-state index is 0.669. The molecule has 0 unspecified atom stereocenters. The van der Waals surface area contributed by atoms with Gasteiger partial charge in [0.15, 0.2) is 0 Å². The zero-order valence-electron chi connectivity index (χ0n) is 14.4. The Balaban J connectivity index is 3.81. The van der Waals surface area contributed by atoms with Gasteiger partial charge in [0.25, 0.3) is 0 Å². The third-order valence-corrected chi connectivity index (χ3v) is 3.15. The van der Waals surface area contributed by atoms with Crippen LogP contribution in [0.3, 0.4) is 0 Å². The second-order valence-electron chi connectivity index (χ2n) is 4.66. The van der Waals surface area contributed by atoms with E-state index in [1.54, 1.807) is 36.6 Å². The Labute approximate surface area is 150 Å². The molecule has 0 radical (unpaired) electrons. The van der Waals surface area contributed by atoms with Gasteiger partial charge in [-0.2, -0.15) is 0 Å². The van der Waals surface area contributed by atoms with Crippen LogP contribution in [0.4, 0.5) is 0 Å². The highest BCUT2D eigenvalue weighted by Gasteiger charge is 2.32. The van der Waals surface area contributed by atoms with Crippen LogP contribution in [0, 0.1) is 0 Å². The summed E-state index contributed by atoms with van der Waals surface area (Å²) in [6, 6.07) is 0. The van der Waals surface area contributed by atoms with Crippen LogP contribution < -0.4 is 0 Å². The Hall–Kier alpha value is -3.46. The Bertz CT molecular complexity index is 765. The van der Waals surface area contributed by atoms with Crippen LogP contribution in [0.5, 0.6) is 0 Å². The second-order valence-corrected chi connectivity index (χ2v) is 4.66. The number of hydrogen-bond donors (Lipinski definition) is 0. The first-order valence-corrected chi connectivity index (χ1v) is 7.66. The van der Waals surface area contributed by atoms with Crippen LogP contribution in [-0.2, 0) is 0 Å². The summed E-state index contributed by atoms with van der Waals surface area (Å²) in [6.45, 7) is 22.6. The van der Waals surface area contributed by atoms with Crippen LogP contribution in [0.25, 0.3) is 0 Å². The number of aliphatic imine (C=N–C) groups is 2. The predicted molar refractivity (Wildman–Crippen MR) is 111 cm³/mol. The van der Waals surface area contributed by atoms with Crippen molar-refractivity contribution in [3.05, 3.63) is 123 Å². The number of nitrogens with zero attached hydrogens (tertiary/aromatic N) is 3. The third kappa shape index (κ3) is 4.52. The van der Waals surface area contributed by atoms with Gasteiger partial charge in [-0.25, -0.2) is 9.98 Å². The lowest BCUT2D eigenvalue weighted by atomic mass is 10.1. The van der Waals surface area contributed by atoms with Gasteiger partial charge in [0.2, 0.25) is 0 Å². The molecule has 0 spiro atoms. The van der Waals surface area contributed by atoms with Crippen molar-refractivity contribution < 1.29 is 0 Å². The number of allylic oxidation sites excluding steroid dienone is 9. The molecule has 0 fully saturated rings. The average molecular weight is 329 g/mol. The lowest BCUT2D eigenvalue weighted by molar-refractivity contribution is 0.657. The average Bonchev–Trinajstić information content (AvgIpc) is 2.90. The summed E-state index contributed by atoms with van der Waals surface area (Å²) in [5, 5.41) is 0. The molecule has 0 atom stereocenters. The molecular formula is C22H23N3. The molecule has 0 saturated heterocycles. The minimum Gasteiger partial charge on any atom is -0.278 e. The van der Waals surface area contributed by atoms with Gasteiger partial charge in [-0.3, -0.25) is 4.90 Å². The highest BCUT2D eigenvalue weighted by Crippen LogP contribution is 2.35. The van der Waals surface area contributed by atoms with Crippen LogP contribution >= 0.6 is 0 Å². The van der Waals surface area contributed by atoms with Gasteiger partial charge >= 0.3 is 0 Å². The molecule has 3 nitrogen and oxygen atoms in total. The Morgan fingerprint density at radius 3 is 2.20 bits per heavy atom. The minimum absolute atomic E-state index is 0.669. The smallest absolute Gasteiger partial charge is 0.146 e. The Morgan fingerprint density at radius 1 is 0.920 bits per heavy atom. The van der Waals surface area contributed by atoms with Gasteiger partial charge in [-0.05, 0) is 12.2 Å². The SMILES string of the molecule is C=C/C=C\C(=C/C=C)N1C(/N=C\C=C)=C(C=C)C(=C/C=C)/C1=N\C=C. The highest BCUT2D eigenvalue weighted by atomic mass is 15.3. The second kappa shape index (κ2) is 10.3. The van der Waals surface area contributed by atoms with Crippen molar-refractivity contribution in [1.82, 2.24) is 4.90 Å². The van der Waals surface area contributed by atoms with E-state index in [1.807, 2.05) is 29.2 Å². The quantitative estimate of drug-likeness (QED) is 0.410. The van der Waals surface area contributed by atoms with Crippen LogP contribution in [0.1, 0.15) is 0 Å². The van der Waals surface area contributed by atoms with Gasteiger partial charge in [-0.1, -0.05) is 82.0 Å². The Morgan fingerprint density at radius 2 is 1.68 bits per heavy atom. The number of rotatable bonds is 9. The summed E-state index contributed by atoms with van der Waals surface area (Å²) < 4.78 is 0. The van der Waals surface area contributed by atoms with Gasteiger partial charge in [0, 0.05) is 29.3 Å². The molecular weight excluding hydrogens is 306 g/mol. The summed E-state index contributed by atoms with van der Waals surface area (Å²) in [6.07, 6.45) is 19.0. The lowest BCUT2D eigenvalue weighted by Gasteiger charge is -2.21. The summed E-state index contributed by atoms with van der Waals surface area (Å²) >= 11 is 0. The van der Waals surface area contributed by atoms with Crippen molar-refractivity contribution >= 4 is 12.1 Å². The summed E-state index contributed by atoms with van der Waals surface area (Å²) in [7, 11) is 0. The standard InChI is InChI=1S/C22H23N3/c1-7-13-16-18(14-8-2)25-21(24-17-10-4)19(11-5)20(15-9-3)22(25)23-12-6/h7-17H,1-6H2/b16-13-,18-14+,20-15-,23-22+,24-17-. The molecule has 0 aromatic heterocycles. The lowest BCUT2D eigenvalue weighted by Crippen LogP contribution is -2.24. The first-order valence-electron chi connectivity index (χ1n) is 7.66. The van der Waals surface area contributed by atoms with Crippen molar-refractivity contribution in [3.63, 3.8) is 0 Å². The molecule has 1 rings (SSSR count). The molecule has 3 heteroatoms. The van der Waals surface area contributed by atoms with Gasteiger partial charge < -0.3 is 0 Å². The van der Waals surface area contributed by atoms with E-state index in [9.17, 15) is 0 Å². The monoisotopic (exact) mass is 329 g/mol. The normalized spacial score (nSPS) is 18.4. The predicted octanol–water partition coefficient (Wildman–Crippen LogP) is 5.42. The topological polar surface area (TPSA) is 28.0 Å². The molecule has 1 heterocycles. The first-order chi connectivity index (χ1) is 12.2. The fourth-order valence-electron chi connectivity index (χ4n) is 2.27. The van der Waals surface area contributed by atoms with E-state index < -0.39 is 0 Å². The van der Waals surface area contributed by atoms with E-state index in [0.29, 0.717) is 11.7 Å². The Kier molecular flexibility index (Phi) is 8.10. The summed E-state index contributed by atoms with van der Waals surface area (Å²) in [5.41, 5.74) is 2.50. The number of hydrogen-bond acceptors (Lipinski definition) is 2. The van der Waals surface area contributed by atoms with E-state index >= 15 is 0 Å². The molecule has 0 aliphatic carbocycles. The molecule has 25 heavy (non-hydrogen) atoms. The molecule has 0 bridgehead atoms. The summed E-state index contributed by atoms with van der Waals surface area (Å²) in [5.74, 6) is 1.34. The van der Waals surface area contributed by atoms with Gasteiger partial charge in [0.05, 0.1) is 0 Å². The van der Waals surface area contributed by atoms with Gasteiger partial charge in [-0.15, -0.1) is 0 Å². The first kappa shape index (κ1) is 19.6. The molecule has 0 aromatic carbocycles. The van der Waals surface area contributed by atoms with E-state index in [-0.39, 0.29) is 0 Å². The fraction of sp³-hybridized carbons (Fsp3) is 0. The molecule has 0 N–H and O–H groups in total. The third-order valence-electron chi connectivity index (χ3n) is 3.15. The molecule has 126 valence electrons. The molecule has 1 aliphatic rings. The van der Waals surface area contributed by atoms with E-state index in [4.69, 9.17) is 0 Å². The largest absolute Gasteiger partial charge is 0.278 e. The van der Waals surface area contributed by atoms with Crippen molar-refractivity contribution in [3.8, 4) is 0 Å². The van der Waals surface area contributed by atoms with Crippen LogP contribution in [0.2, 0.25) is 0 Å². The molecule has 0 amide bonds. The molecule has 1 aliphatic heterocycles. The maximum atomic E-state index is 4.52. The van der Waals surface area contributed by atoms with Crippen molar-refractivity contribution in [2.45, 2.75) is 0 Å². The number of amidine groups is 1. The van der Waals surface area contributed by atoms with Crippen molar-refractivity contribution in [2.75, 3.05) is 0 Å². The van der Waals surface area contributed by atoms with E-state index in [2.05, 4.69) is 49.5 Å². The maximum absolute atomic E-state index is 4.52. The molecule has 0 aromatic rings. The fourth-order valence-corrected chi connectivity index (χ4v) is 2.27. The van der Waals surface area contributed by atoms with E-state index in [0.717, 1.165) is 16.8 Å². The highest BCUT2D eigenvalue weighted by molar-refractivity contribution is 6.09. The zero-order valence-corrected chi connectivity index (χ0v) is 14.4. The van der Waals surface area contributed by atoms with Crippen molar-refractivity contribution in [1.29, 1.82) is 0 Å². The van der Waals surface area contributed by atoms with Crippen LogP contribution in [0.15, 0.2) is 133 Å². The van der Waals surface area contributed by atoms with Gasteiger partial charge in [0.1, 0.15) is 11.7 Å².